The van der Waals surface area contributed by atoms with Gasteiger partial charge < -0.3 is 10.1 Å². The summed E-state index contributed by atoms with van der Waals surface area (Å²) in [6.07, 6.45) is 0.258. The van der Waals surface area contributed by atoms with Crippen LogP contribution in [0.15, 0.2) is 60.7 Å². The molecule has 1 heterocycles. The van der Waals surface area contributed by atoms with Crippen molar-refractivity contribution in [1.29, 1.82) is 0 Å². The largest absolute Gasteiger partial charge is 0.479 e. The molecule has 0 aromatic heterocycles. The Balaban J connectivity index is 1.39. The second-order valence-corrected chi connectivity index (χ2v) is 9.05. The van der Waals surface area contributed by atoms with Gasteiger partial charge in [-0.25, -0.2) is 0 Å². The third-order valence-electron chi connectivity index (χ3n) is 6.48. The molecule has 0 spiro atoms. The number of nitrogens with one attached hydrogen (secondary N) is 1. The first kappa shape index (κ1) is 24.1. The number of anilines is 2. The summed E-state index contributed by atoms with van der Waals surface area (Å²) in [5.41, 5.74) is 2.27. The van der Waals surface area contributed by atoms with Crippen molar-refractivity contribution in [2.45, 2.75) is 32.8 Å². The summed E-state index contributed by atoms with van der Waals surface area (Å²) in [6, 6.07) is 16.0. The van der Waals surface area contributed by atoms with Crippen molar-refractivity contribution in [3.05, 3.63) is 88.5 Å². The van der Waals surface area contributed by atoms with E-state index in [0.717, 1.165) is 0 Å². The minimum Gasteiger partial charge on any atom is -0.479 e. The first-order valence-electron chi connectivity index (χ1n) is 12.1. The number of rotatable bonds is 6. The van der Waals surface area contributed by atoms with E-state index in [1.807, 2.05) is 6.92 Å². The highest BCUT2D eigenvalue weighted by molar-refractivity contribution is 6.28. The topological polar surface area (TPSA) is 110 Å². The number of nitrogens with zero attached hydrogens (tertiary/aromatic N) is 1. The quantitative estimate of drug-likeness (QED) is 0.401. The minimum absolute atomic E-state index is 0.0596. The molecule has 0 radical (unpaired) electrons. The Bertz CT molecular complexity index is 1490. The van der Waals surface area contributed by atoms with Crippen molar-refractivity contribution in [3.8, 4) is 5.75 Å². The van der Waals surface area contributed by atoms with Gasteiger partial charge in [0.15, 0.2) is 23.5 Å². The fourth-order valence-corrected chi connectivity index (χ4v) is 4.64. The van der Waals surface area contributed by atoms with Gasteiger partial charge in [-0.1, -0.05) is 31.2 Å². The maximum Gasteiger partial charge on any atom is 0.268 e. The van der Waals surface area contributed by atoms with Crippen molar-refractivity contribution in [1.82, 2.24) is 0 Å². The molecule has 3 aromatic rings. The van der Waals surface area contributed by atoms with Crippen LogP contribution in [0.5, 0.6) is 5.75 Å². The lowest BCUT2D eigenvalue weighted by Crippen LogP contribution is -2.47. The number of amides is 2. The summed E-state index contributed by atoms with van der Waals surface area (Å²) < 4.78 is 5.68. The van der Waals surface area contributed by atoms with Crippen molar-refractivity contribution in [3.63, 3.8) is 0 Å². The smallest absolute Gasteiger partial charge is 0.268 e. The Labute approximate surface area is 213 Å². The highest BCUT2D eigenvalue weighted by Crippen LogP contribution is 2.35. The highest BCUT2D eigenvalue weighted by atomic mass is 16.5. The van der Waals surface area contributed by atoms with Gasteiger partial charge >= 0.3 is 0 Å². The van der Waals surface area contributed by atoms with Gasteiger partial charge in [0.1, 0.15) is 12.3 Å². The predicted octanol–water partition coefficient (Wildman–Crippen LogP) is 4.20. The average molecular weight is 497 g/mol. The number of hydrogen-bond donors (Lipinski definition) is 1. The summed E-state index contributed by atoms with van der Waals surface area (Å²) in [6.45, 7) is 3.18. The molecule has 2 aliphatic rings. The van der Waals surface area contributed by atoms with E-state index in [4.69, 9.17) is 4.74 Å². The summed E-state index contributed by atoms with van der Waals surface area (Å²) in [7, 11) is 0. The standard InChI is InChI=1S/C29H24N2O6/c1-3-6-24(32)17-9-12-25-23(13-17)31(29(36)16(2)37-25)15-26(33)30-18-10-11-21-22(14-18)28(35)20-8-5-4-7-19(20)27(21)34/h4-5,7-14,16H,3,6,15H2,1-2H3,(H,30,33). The normalized spacial score (nSPS) is 15.9. The number of carbonyl (C=O) groups excluding carboxylic acids is 5. The van der Waals surface area contributed by atoms with E-state index in [-0.39, 0.29) is 35.0 Å². The first-order valence-corrected chi connectivity index (χ1v) is 12.1. The molecule has 1 aliphatic carbocycles. The Morgan fingerprint density at radius 2 is 1.57 bits per heavy atom. The molecule has 1 N–H and O–H groups in total. The zero-order valence-electron chi connectivity index (χ0n) is 20.4. The number of fused-ring (bicyclic) bond motifs is 3. The lowest BCUT2D eigenvalue weighted by atomic mass is 9.84. The zero-order valence-corrected chi connectivity index (χ0v) is 20.4. The lowest BCUT2D eigenvalue weighted by molar-refractivity contribution is -0.127. The Morgan fingerprint density at radius 1 is 0.892 bits per heavy atom. The molecule has 2 amide bonds. The second-order valence-electron chi connectivity index (χ2n) is 9.05. The molecule has 186 valence electrons. The third-order valence-corrected chi connectivity index (χ3v) is 6.48. The Hall–Kier alpha value is -4.59. The Morgan fingerprint density at radius 3 is 2.27 bits per heavy atom. The maximum absolute atomic E-state index is 13.0. The zero-order chi connectivity index (χ0) is 26.3. The average Bonchev–Trinajstić information content (AvgIpc) is 2.89. The highest BCUT2D eigenvalue weighted by Gasteiger charge is 2.34. The first-order chi connectivity index (χ1) is 17.8. The maximum atomic E-state index is 13.0. The van der Waals surface area contributed by atoms with E-state index in [1.165, 1.54) is 17.0 Å². The van der Waals surface area contributed by atoms with Crippen molar-refractivity contribution in [2.24, 2.45) is 0 Å². The fraction of sp³-hybridized carbons (Fsp3) is 0.207. The van der Waals surface area contributed by atoms with E-state index in [2.05, 4.69) is 5.32 Å². The predicted molar refractivity (Wildman–Crippen MR) is 137 cm³/mol. The van der Waals surface area contributed by atoms with E-state index < -0.39 is 17.9 Å². The van der Waals surface area contributed by atoms with Crippen molar-refractivity contribution in [2.75, 3.05) is 16.8 Å². The van der Waals surface area contributed by atoms with E-state index in [9.17, 15) is 24.0 Å². The van der Waals surface area contributed by atoms with Gasteiger partial charge in [0.25, 0.3) is 5.91 Å². The van der Waals surface area contributed by atoms with Gasteiger partial charge in [-0.15, -0.1) is 0 Å². The van der Waals surface area contributed by atoms with Gasteiger partial charge in [0.05, 0.1) is 5.69 Å². The molecule has 0 fully saturated rings. The molecule has 0 saturated heterocycles. The van der Waals surface area contributed by atoms with Crippen LogP contribution in [0.3, 0.4) is 0 Å². The summed E-state index contributed by atoms with van der Waals surface area (Å²) in [5.74, 6) is -1.11. The Kier molecular flexibility index (Phi) is 6.17. The second kappa shape index (κ2) is 9.46. The molecule has 3 aromatic carbocycles. The van der Waals surface area contributed by atoms with Gasteiger partial charge in [0.2, 0.25) is 5.91 Å². The minimum atomic E-state index is -0.801. The molecule has 0 bridgehead atoms. The number of ether oxygens (including phenoxy) is 1. The summed E-state index contributed by atoms with van der Waals surface area (Å²) >= 11 is 0. The van der Waals surface area contributed by atoms with E-state index in [0.29, 0.717) is 46.7 Å². The van der Waals surface area contributed by atoms with Crippen LogP contribution in [0.4, 0.5) is 11.4 Å². The summed E-state index contributed by atoms with van der Waals surface area (Å²) in [5, 5.41) is 2.72. The van der Waals surface area contributed by atoms with Gasteiger partial charge in [-0.3, -0.25) is 28.9 Å². The van der Waals surface area contributed by atoms with Crippen LogP contribution in [0.1, 0.15) is 68.9 Å². The molecule has 1 aliphatic heterocycles. The molecule has 0 saturated carbocycles. The molecular formula is C29H24N2O6. The molecule has 1 unspecified atom stereocenters. The number of ketones is 3. The monoisotopic (exact) mass is 496 g/mol. The molecule has 5 rings (SSSR count). The van der Waals surface area contributed by atoms with Gasteiger partial charge in [0, 0.05) is 39.9 Å². The fourth-order valence-electron chi connectivity index (χ4n) is 4.64. The van der Waals surface area contributed by atoms with E-state index in [1.54, 1.807) is 55.5 Å². The SMILES string of the molecule is CCCC(=O)c1ccc2c(c1)N(CC(=O)Nc1ccc3c(c1)C(=O)c1ccccc1C3=O)C(=O)C(C)O2. The molecule has 8 nitrogen and oxygen atoms in total. The van der Waals surface area contributed by atoms with Crippen LogP contribution in [-0.2, 0) is 9.59 Å². The summed E-state index contributed by atoms with van der Waals surface area (Å²) in [4.78, 5) is 65.5. The van der Waals surface area contributed by atoms with Crippen molar-refractivity contribution < 1.29 is 28.7 Å². The van der Waals surface area contributed by atoms with E-state index >= 15 is 0 Å². The van der Waals surface area contributed by atoms with Gasteiger partial charge in [-0.2, -0.15) is 0 Å². The lowest BCUT2D eigenvalue weighted by Gasteiger charge is -2.33. The van der Waals surface area contributed by atoms with Crippen LogP contribution in [0.25, 0.3) is 0 Å². The molecule has 8 heteroatoms. The number of carbonyl (C=O) groups is 5. The van der Waals surface area contributed by atoms with Crippen molar-refractivity contribution >= 4 is 40.5 Å². The number of hydrogen-bond acceptors (Lipinski definition) is 6. The van der Waals surface area contributed by atoms with Gasteiger partial charge in [-0.05, 0) is 49.7 Å². The van der Waals surface area contributed by atoms with Crippen LogP contribution in [0, 0.1) is 0 Å². The number of Topliss-reactive ketones (excluding diaryl/α,β-unsaturated/α-hetero) is 1. The van der Waals surface area contributed by atoms with Crippen LogP contribution in [-0.4, -0.2) is 41.8 Å². The van der Waals surface area contributed by atoms with Crippen LogP contribution in [0.2, 0.25) is 0 Å². The van der Waals surface area contributed by atoms with Crippen LogP contribution >= 0.6 is 0 Å². The molecule has 37 heavy (non-hydrogen) atoms. The number of benzene rings is 3. The molecular weight excluding hydrogens is 472 g/mol. The third kappa shape index (κ3) is 4.31. The van der Waals surface area contributed by atoms with Crippen LogP contribution < -0.4 is 15.0 Å². The molecule has 1 atom stereocenters.